The topological polar surface area (TPSA) is 79.5 Å². The van der Waals surface area contributed by atoms with Crippen LogP contribution >= 0.6 is 11.8 Å². The molecule has 1 fully saturated rings. The molecule has 1 heterocycles. The highest BCUT2D eigenvalue weighted by molar-refractivity contribution is 7.99. The second-order valence-corrected chi connectivity index (χ2v) is 7.36. The molecular formula is C20H23N3O3S. The van der Waals surface area contributed by atoms with Gasteiger partial charge in [-0.15, -0.1) is 0 Å². The van der Waals surface area contributed by atoms with Gasteiger partial charge in [0.05, 0.1) is 18.4 Å². The highest BCUT2D eigenvalue weighted by atomic mass is 32.2. The third-order valence-electron chi connectivity index (χ3n) is 4.22. The Balaban J connectivity index is 1.65. The Morgan fingerprint density at radius 1 is 1.15 bits per heavy atom. The molecule has 3 N–H and O–H groups in total. The minimum Gasteiger partial charge on any atom is -0.497 e. The first-order valence-electron chi connectivity index (χ1n) is 8.81. The number of amides is 2. The molecule has 1 aliphatic heterocycles. The van der Waals surface area contributed by atoms with Gasteiger partial charge in [0.2, 0.25) is 5.91 Å². The molecule has 2 aromatic rings. The summed E-state index contributed by atoms with van der Waals surface area (Å²) in [6.45, 7) is 0.920. The number of para-hydroxylation sites is 1. The van der Waals surface area contributed by atoms with Gasteiger partial charge in [0, 0.05) is 36.2 Å². The Labute approximate surface area is 163 Å². The van der Waals surface area contributed by atoms with Gasteiger partial charge < -0.3 is 20.7 Å². The smallest absolute Gasteiger partial charge is 0.257 e. The van der Waals surface area contributed by atoms with E-state index >= 15 is 0 Å². The highest BCUT2D eigenvalue weighted by Crippen LogP contribution is 2.20. The zero-order valence-corrected chi connectivity index (χ0v) is 16.0. The number of ether oxygens (including phenoxy) is 1. The molecule has 0 aromatic heterocycles. The number of methoxy groups -OCH3 is 1. The van der Waals surface area contributed by atoms with Crippen LogP contribution in [-0.4, -0.2) is 43.0 Å². The maximum absolute atomic E-state index is 12.7. The maximum atomic E-state index is 12.7. The quantitative estimate of drug-likeness (QED) is 0.712. The molecule has 1 atom stereocenters. The van der Waals surface area contributed by atoms with E-state index in [1.54, 1.807) is 55.6 Å². The van der Waals surface area contributed by atoms with Crippen LogP contribution in [0.15, 0.2) is 48.5 Å². The van der Waals surface area contributed by atoms with E-state index in [0.29, 0.717) is 23.4 Å². The highest BCUT2D eigenvalue weighted by Gasteiger charge is 2.18. The lowest BCUT2D eigenvalue weighted by Gasteiger charge is -2.22. The molecule has 142 valence electrons. The van der Waals surface area contributed by atoms with Crippen molar-refractivity contribution in [3.63, 3.8) is 0 Å². The average molecular weight is 385 g/mol. The Bertz CT molecular complexity index is 789. The molecule has 0 spiro atoms. The first-order chi connectivity index (χ1) is 13.2. The maximum Gasteiger partial charge on any atom is 0.257 e. The van der Waals surface area contributed by atoms with Gasteiger partial charge >= 0.3 is 0 Å². The van der Waals surface area contributed by atoms with Crippen molar-refractivity contribution in [2.45, 2.75) is 12.5 Å². The fourth-order valence-corrected chi connectivity index (χ4v) is 3.79. The van der Waals surface area contributed by atoms with Crippen molar-refractivity contribution in [1.29, 1.82) is 0 Å². The molecule has 1 aliphatic rings. The molecule has 2 amide bonds. The van der Waals surface area contributed by atoms with E-state index in [1.807, 2.05) is 11.8 Å². The number of carbonyl (C=O) groups excluding carboxylic acids is 2. The Morgan fingerprint density at radius 2 is 1.93 bits per heavy atom. The van der Waals surface area contributed by atoms with Gasteiger partial charge in [-0.3, -0.25) is 9.59 Å². The summed E-state index contributed by atoms with van der Waals surface area (Å²) >= 11 is 1.85. The number of rotatable bonds is 6. The Kier molecular flexibility index (Phi) is 6.73. The summed E-state index contributed by atoms with van der Waals surface area (Å²) in [5.74, 6) is 2.34. The van der Waals surface area contributed by atoms with Crippen molar-refractivity contribution in [1.82, 2.24) is 5.32 Å². The van der Waals surface area contributed by atoms with Crippen LogP contribution in [0, 0.1) is 0 Å². The average Bonchev–Trinajstić information content (AvgIpc) is 2.69. The second kappa shape index (κ2) is 9.43. The van der Waals surface area contributed by atoms with E-state index < -0.39 is 0 Å². The summed E-state index contributed by atoms with van der Waals surface area (Å²) < 4.78 is 5.12. The fraction of sp³-hybridized carbons (Fsp3) is 0.300. The summed E-state index contributed by atoms with van der Waals surface area (Å²) in [4.78, 5) is 25.0. The summed E-state index contributed by atoms with van der Waals surface area (Å²) in [6.07, 6.45) is 0.390. The summed E-state index contributed by atoms with van der Waals surface area (Å²) in [7, 11) is 1.59. The van der Waals surface area contributed by atoms with E-state index in [4.69, 9.17) is 4.74 Å². The molecule has 0 radical (unpaired) electrons. The molecule has 1 saturated heterocycles. The first-order valence-corrected chi connectivity index (χ1v) is 9.96. The van der Waals surface area contributed by atoms with E-state index in [2.05, 4.69) is 16.0 Å². The van der Waals surface area contributed by atoms with Crippen LogP contribution in [0.5, 0.6) is 5.75 Å². The van der Waals surface area contributed by atoms with E-state index in [-0.39, 0.29) is 17.9 Å². The zero-order chi connectivity index (χ0) is 19.1. The summed E-state index contributed by atoms with van der Waals surface area (Å²) in [6, 6.07) is 14.3. The lowest BCUT2D eigenvalue weighted by molar-refractivity contribution is -0.116. The first kappa shape index (κ1) is 19.3. The lowest BCUT2D eigenvalue weighted by Crippen LogP contribution is -2.40. The lowest BCUT2D eigenvalue weighted by atomic mass is 10.1. The van der Waals surface area contributed by atoms with Crippen molar-refractivity contribution in [2.75, 3.05) is 35.8 Å². The van der Waals surface area contributed by atoms with Crippen LogP contribution in [0.1, 0.15) is 16.8 Å². The Morgan fingerprint density at radius 3 is 2.63 bits per heavy atom. The molecule has 1 unspecified atom stereocenters. The van der Waals surface area contributed by atoms with Crippen molar-refractivity contribution < 1.29 is 14.3 Å². The number of benzene rings is 2. The normalized spacial score (nSPS) is 16.4. The third-order valence-corrected chi connectivity index (χ3v) is 5.35. The number of carbonyl (C=O) groups is 2. The van der Waals surface area contributed by atoms with Crippen LogP contribution < -0.4 is 20.7 Å². The zero-order valence-electron chi connectivity index (χ0n) is 15.2. The number of thioether (sulfide) groups is 1. The molecule has 0 aliphatic carbocycles. The fourth-order valence-electron chi connectivity index (χ4n) is 2.84. The predicted octanol–water partition coefficient (Wildman–Crippen LogP) is 2.98. The predicted molar refractivity (Wildman–Crippen MR) is 110 cm³/mol. The van der Waals surface area contributed by atoms with E-state index in [1.165, 1.54) is 0 Å². The number of anilines is 2. The summed E-state index contributed by atoms with van der Waals surface area (Å²) in [5, 5.41) is 9.06. The number of hydrogen-bond donors (Lipinski definition) is 3. The second-order valence-electron chi connectivity index (χ2n) is 6.21. The van der Waals surface area contributed by atoms with Gasteiger partial charge in [-0.1, -0.05) is 12.1 Å². The van der Waals surface area contributed by atoms with Crippen molar-refractivity contribution in [2.24, 2.45) is 0 Å². The number of nitrogens with one attached hydrogen (secondary N) is 3. The third kappa shape index (κ3) is 5.48. The molecule has 7 heteroatoms. The van der Waals surface area contributed by atoms with Crippen molar-refractivity contribution >= 4 is 35.0 Å². The molecule has 0 saturated carbocycles. The van der Waals surface area contributed by atoms with Crippen LogP contribution in [0.2, 0.25) is 0 Å². The monoisotopic (exact) mass is 385 g/mol. The van der Waals surface area contributed by atoms with Gasteiger partial charge in [0.25, 0.3) is 5.91 Å². The van der Waals surface area contributed by atoms with Crippen LogP contribution in [0.4, 0.5) is 11.4 Å². The van der Waals surface area contributed by atoms with Crippen molar-refractivity contribution in [3.8, 4) is 5.75 Å². The van der Waals surface area contributed by atoms with Crippen LogP contribution in [0.3, 0.4) is 0 Å². The van der Waals surface area contributed by atoms with E-state index in [0.717, 1.165) is 23.8 Å². The molecule has 27 heavy (non-hydrogen) atoms. The van der Waals surface area contributed by atoms with Gasteiger partial charge in [-0.2, -0.15) is 11.8 Å². The molecule has 0 bridgehead atoms. The molecular weight excluding hydrogens is 362 g/mol. The summed E-state index contributed by atoms with van der Waals surface area (Å²) in [5.41, 5.74) is 1.59. The molecule has 3 rings (SSSR count). The standard InChI is InChI=1S/C20H23N3O3S/c1-26-16-8-6-14(7-9-16)22-20(25)17-4-2-3-5-18(17)23-19(24)12-15-13-27-11-10-21-15/h2-9,15,21H,10-13H2,1H3,(H,22,25)(H,23,24). The van der Waals surface area contributed by atoms with Gasteiger partial charge in [0.15, 0.2) is 0 Å². The van der Waals surface area contributed by atoms with Crippen LogP contribution in [0.25, 0.3) is 0 Å². The van der Waals surface area contributed by atoms with E-state index in [9.17, 15) is 9.59 Å². The van der Waals surface area contributed by atoms with Gasteiger partial charge in [-0.05, 0) is 36.4 Å². The van der Waals surface area contributed by atoms with Gasteiger partial charge in [0.1, 0.15) is 5.75 Å². The molecule has 2 aromatic carbocycles. The number of hydrogen-bond acceptors (Lipinski definition) is 5. The minimum absolute atomic E-state index is 0.0975. The molecule has 6 nitrogen and oxygen atoms in total. The van der Waals surface area contributed by atoms with Crippen molar-refractivity contribution in [3.05, 3.63) is 54.1 Å². The van der Waals surface area contributed by atoms with Gasteiger partial charge in [-0.25, -0.2) is 0 Å². The Hall–Kier alpha value is -2.51. The largest absolute Gasteiger partial charge is 0.497 e. The van der Waals surface area contributed by atoms with Crippen LogP contribution in [-0.2, 0) is 4.79 Å². The SMILES string of the molecule is COc1ccc(NC(=O)c2ccccc2NC(=O)CC2CSCCN2)cc1. The minimum atomic E-state index is -0.276.